The number of benzene rings is 4. The minimum Gasteiger partial charge on any atom is -0.465 e. The second-order valence-corrected chi connectivity index (χ2v) is 12.2. The summed E-state index contributed by atoms with van der Waals surface area (Å²) in [5, 5.41) is 2.75. The van der Waals surface area contributed by atoms with Crippen LogP contribution in [0.3, 0.4) is 0 Å². The summed E-state index contributed by atoms with van der Waals surface area (Å²) in [6, 6.07) is 21.0. The molecule has 4 rings (SSSR count). The zero-order valence-corrected chi connectivity index (χ0v) is 30.0. The molecule has 0 heterocycles. The van der Waals surface area contributed by atoms with E-state index >= 15 is 0 Å². The van der Waals surface area contributed by atoms with Gasteiger partial charge in [-0.05, 0) is 66.9 Å². The molecule has 4 aromatic carbocycles. The number of hydrogen-bond acceptors (Lipinski definition) is 8. The van der Waals surface area contributed by atoms with Gasteiger partial charge in [0.15, 0.2) is 0 Å². The van der Waals surface area contributed by atoms with Crippen molar-refractivity contribution in [3.05, 3.63) is 124 Å². The van der Waals surface area contributed by atoms with Gasteiger partial charge in [-0.3, -0.25) is 24.0 Å². The largest absolute Gasteiger partial charge is 0.465 e. The van der Waals surface area contributed by atoms with Crippen molar-refractivity contribution >= 4 is 47.0 Å². The van der Waals surface area contributed by atoms with Gasteiger partial charge in [-0.2, -0.15) is 13.2 Å². The van der Waals surface area contributed by atoms with E-state index in [2.05, 4.69) is 5.32 Å². The number of hydrogen-bond donors (Lipinski definition) is 1. The standard InChI is InChI=1S/C39H36ClF3N2O8/c1-5-51-36(49)38(37(50)52-6-2,30-13-9-10-14-31(30)40)23-53-33(46)22-24-15-20-32(29(21-24)35(48)45(3)4)44-34(47)28-12-8-7-11-27(28)25-16-18-26(19-17-25)39(41,42)43/h7-21H,5-6,22-23H2,1-4H3,(H,44,47). The molecule has 0 saturated carbocycles. The number of anilines is 1. The molecule has 4 aromatic rings. The van der Waals surface area contributed by atoms with Gasteiger partial charge < -0.3 is 24.4 Å². The number of esters is 3. The summed E-state index contributed by atoms with van der Waals surface area (Å²) in [5.74, 6) is -4.10. The highest BCUT2D eigenvalue weighted by molar-refractivity contribution is 6.32. The van der Waals surface area contributed by atoms with Crippen LogP contribution in [-0.2, 0) is 46.6 Å². The van der Waals surface area contributed by atoms with Gasteiger partial charge in [0.05, 0.1) is 36.4 Å². The van der Waals surface area contributed by atoms with Gasteiger partial charge in [0.2, 0.25) is 5.41 Å². The van der Waals surface area contributed by atoms with E-state index in [4.69, 9.17) is 25.8 Å². The van der Waals surface area contributed by atoms with Crippen molar-refractivity contribution in [1.82, 2.24) is 4.90 Å². The lowest BCUT2D eigenvalue weighted by atomic mass is 9.81. The summed E-state index contributed by atoms with van der Waals surface area (Å²) in [7, 11) is 2.99. The molecule has 14 heteroatoms. The fraction of sp³-hybridized carbons (Fsp3) is 0.256. The molecular formula is C39H36ClF3N2O8. The van der Waals surface area contributed by atoms with Crippen LogP contribution in [0.1, 0.15) is 51.3 Å². The molecule has 0 saturated heterocycles. The maximum atomic E-state index is 13.6. The summed E-state index contributed by atoms with van der Waals surface area (Å²) >= 11 is 6.41. The van der Waals surface area contributed by atoms with E-state index in [0.29, 0.717) is 16.7 Å². The highest BCUT2D eigenvalue weighted by Gasteiger charge is 2.53. The topological polar surface area (TPSA) is 128 Å². The Morgan fingerprint density at radius 2 is 1.36 bits per heavy atom. The number of rotatable bonds is 13. The van der Waals surface area contributed by atoms with Crippen LogP contribution in [0.15, 0.2) is 91.0 Å². The van der Waals surface area contributed by atoms with Crippen molar-refractivity contribution < 1.29 is 51.4 Å². The number of carbonyl (C=O) groups excluding carboxylic acids is 5. The molecule has 10 nitrogen and oxygen atoms in total. The van der Waals surface area contributed by atoms with Gasteiger partial charge in [0.25, 0.3) is 11.8 Å². The number of nitrogens with zero attached hydrogens (tertiary/aromatic N) is 1. The molecule has 0 aliphatic carbocycles. The van der Waals surface area contributed by atoms with Crippen molar-refractivity contribution in [2.75, 3.05) is 39.2 Å². The van der Waals surface area contributed by atoms with E-state index in [-0.39, 0.29) is 40.6 Å². The summed E-state index contributed by atoms with van der Waals surface area (Å²) in [6.07, 6.45) is -4.94. The molecule has 53 heavy (non-hydrogen) atoms. The van der Waals surface area contributed by atoms with Crippen molar-refractivity contribution in [3.63, 3.8) is 0 Å². The Hall–Kier alpha value is -5.69. The number of amides is 2. The number of nitrogens with one attached hydrogen (secondary N) is 1. The smallest absolute Gasteiger partial charge is 0.416 e. The lowest BCUT2D eigenvalue weighted by molar-refractivity contribution is -0.170. The number of halogens is 4. The van der Waals surface area contributed by atoms with Crippen molar-refractivity contribution in [2.24, 2.45) is 0 Å². The third kappa shape index (κ3) is 9.22. The Morgan fingerprint density at radius 3 is 1.94 bits per heavy atom. The fourth-order valence-corrected chi connectivity index (χ4v) is 5.71. The molecule has 0 aliphatic rings. The highest BCUT2D eigenvalue weighted by atomic mass is 35.5. The average molecular weight is 753 g/mol. The minimum atomic E-state index is -4.53. The molecule has 0 bridgehead atoms. The van der Waals surface area contributed by atoms with E-state index in [1.807, 2.05) is 0 Å². The first kappa shape index (κ1) is 40.1. The Bertz CT molecular complexity index is 1980. The molecule has 1 N–H and O–H groups in total. The van der Waals surface area contributed by atoms with Crippen LogP contribution >= 0.6 is 11.6 Å². The molecule has 0 aliphatic heterocycles. The van der Waals surface area contributed by atoms with E-state index < -0.39 is 59.9 Å². The predicted octanol–water partition coefficient (Wildman–Crippen LogP) is 7.13. The molecular weight excluding hydrogens is 717 g/mol. The summed E-state index contributed by atoms with van der Waals surface area (Å²) in [6.45, 7) is 2.10. The number of carbonyl (C=O) groups is 5. The summed E-state index contributed by atoms with van der Waals surface area (Å²) < 4.78 is 55.4. The van der Waals surface area contributed by atoms with E-state index in [0.717, 1.165) is 12.1 Å². The van der Waals surface area contributed by atoms with Crippen LogP contribution in [0, 0.1) is 0 Å². The van der Waals surface area contributed by atoms with Crippen LogP contribution in [0.25, 0.3) is 11.1 Å². The zero-order chi connectivity index (χ0) is 38.9. The predicted molar refractivity (Wildman–Crippen MR) is 190 cm³/mol. The molecule has 0 radical (unpaired) electrons. The van der Waals surface area contributed by atoms with Gasteiger partial charge >= 0.3 is 24.1 Å². The first-order valence-corrected chi connectivity index (χ1v) is 16.7. The van der Waals surface area contributed by atoms with Gasteiger partial charge in [0, 0.05) is 30.2 Å². The second kappa shape index (κ2) is 17.2. The maximum Gasteiger partial charge on any atom is 0.416 e. The maximum absolute atomic E-state index is 13.6. The highest BCUT2D eigenvalue weighted by Crippen LogP contribution is 2.35. The SMILES string of the molecule is CCOC(=O)C(COC(=O)Cc1ccc(NC(=O)c2ccccc2-c2ccc(C(F)(F)F)cc2)c(C(=O)N(C)C)c1)(C(=O)OCC)c1ccccc1Cl. The van der Waals surface area contributed by atoms with Gasteiger partial charge in [-0.15, -0.1) is 0 Å². The first-order valence-electron chi connectivity index (χ1n) is 16.3. The molecule has 0 fully saturated rings. The van der Waals surface area contributed by atoms with Crippen molar-refractivity contribution in [3.8, 4) is 11.1 Å². The monoisotopic (exact) mass is 752 g/mol. The molecule has 2 amide bonds. The van der Waals surface area contributed by atoms with E-state index in [9.17, 15) is 37.1 Å². The minimum absolute atomic E-state index is 0.0177. The number of alkyl halides is 3. The first-order chi connectivity index (χ1) is 25.1. The lowest BCUT2D eigenvalue weighted by Gasteiger charge is -2.29. The van der Waals surface area contributed by atoms with Crippen molar-refractivity contribution in [1.29, 1.82) is 0 Å². The summed E-state index contributed by atoms with van der Waals surface area (Å²) in [5.41, 5.74) is -1.80. The van der Waals surface area contributed by atoms with E-state index in [1.165, 1.54) is 67.5 Å². The average Bonchev–Trinajstić information content (AvgIpc) is 3.12. The molecule has 0 atom stereocenters. The van der Waals surface area contributed by atoms with Gasteiger partial charge in [0.1, 0.15) is 6.61 Å². The Morgan fingerprint density at radius 1 is 0.755 bits per heavy atom. The van der Waals surface area contributed by atoms with Gasteiger partial charge in [-0.25, -0.2) is 0 Å². The molecule has 278 valence electrons. The van der Waals surface area contributed by atoms with Crippen LogP contribution in [0.2, 0.25) is 5.02 Å². The van der Waals surface area contributed by atoms with Crippen LogP contribution < -0.4 is 5.32 Å². The third-order valence-corrected chi connectivity index (χ3v) is 8.37. The molecule has 0 aromatic heterocycles. The fourth-order valence-electron chi connectivity index (χ4n) is 5.41. The van der Waals surface area contributed by atoms with Crippen LogP contribution in [0.4, 0.5) is 18.9 Å². The molecule has 0 spiro atoms. The van der Waals surface area contributed by atoms with Crippen LogP contribution in [-0.4, -0.2) is 68.5 Å². The van der Waals surface area contributed by atoms with E-state index in [1.54, 1.807) is 44.2 Å². The van der Waals surface area contributed by atoms with Gasteiger partial charge in [-0.1, -0.05) is 66.2 Å². The Kier molecular flexibility index (Phi) is 13.0. The zero-order valence-electron chi connectivity index (χ0n) is 29.2. The summed E-state index contributed by atoms with van der Waals surface area (Å²) in [4.78, 5) is 68.2. The second-order valence-electron chi connectivity index (χ2n) is 11.8. The quantitative estimate of drug-likeness (QED) is 0.0869. The normalized spacial score (nSPS) is 11.3. The third-order valence-electron chi connectivity index (χ3n) is 8.04. The van der Waals surface area contributed by atoms with Crippen molar-refractivity contribution in [2.45, 2.75) is 31.9 Å². The number of ether oxygens (including phenoxy) is 3. The Labute approximate surface area is 308 Å². The Balaban J connectivity index is 1.61. The lowest BCUT2D eigenvalue weighted by Crippen LogP contribution is -2.50. The van der Waals surface area contributed by atoms with Crippen LogP contribution in [0.5, 0.6) is 0 Å². The molecule has 0 unspecified atom stereocenters.